The summed E-state index contributed by atoms with van der Waals surface area (Å²) in [7, 11) is 0. The lowest BCUT2D eigenvalue weighted by molar-refractivity contribution is -0.137. The van der Waals surface area contributed by atoms with Crippen LogP contribution in [-0.4, -0.2) is 40.2 Å². The summed E-state index contributed by atoms with van der Waals surface area (Å²) in [5.74, 6) is -2.22. The van der Waals surface area contributed by atoms with Crippen molar-refractivity contribution in [1.82, 2.24) is 0 Å². The van der Waals surface area contributed by atoms with E-state index < -0.39 is 23.4 Å². The summed E-state index contributed by atoms with van der Waals surface area (Å²) in [6.45, 7) is 3.12. The molecule has 1 aromatic rings. The standard InChI is InChI=1S/C14H15NO6/c1-14(2)13(20)15(6-5-11(16)17)9-7-8(12(18)19)3-4-10(9)21-14/h3-4,7H,5-6H2,1-2H3,(H,16,17)(H,18,19). The summed E-state index contributed by atoms with van der Waals surface area (Å²) in [6, 6.07) is 4.16. The molecule has 0 bridgehead atoms. The van der Waals surface area contributed by atoms with Gasteiger partial charge in [0.1, 0.15) is 5.75 Å². The van der Waals surface area contributed by atoms with E-state index in [0.29, 0.717) is 5.75 Å². The Morgan fingerprint density at radius 2 is 1.95 bits per heavy atom. The molecule has 2 rings (SSSR count). The Kier molecular flexibility index (Phi) is 3.59. The largest absolute Gasteiger partial charge is 0.481 e. The van der Waals surface area contributed by atoms with Gasteiger partial charge >= 0.3 is 11.9 Å². The molecule has 1 amide bonds. The molecule has 2 N–H and O–H groups in total. The van der Waals surface area contributed by atoms with Crippen molar-refractivity contribution in [2.45, 2.75) is 25.9 Å². The van der Waals surface area contributed by atoms with Crippen LogP contribution in [0.5, 0.6) is 5.75 Å². The fourth-order valence-electron chi connectivity index (χ4n) is 2.13. The van der Waals surface area contributed by atoms with Gasteiger partial charge in [0.15, 0.2) is 5.60 Å². The van der Waals surface area contributed by atoms with Crippen LogP contribution in [0.3, 0.4) is 0 Å². The first-order valence-corrected chi connectivity index (χ1v) is 6.32. The Morgan fingerprint density at radius 3 is 2.52 bits per heavy atom. The maximum atomic E-state index is 12.4. The molecule has 1 aromatic carbocycles. The normalized spacial score (nSPS) is 16.1. The monoisotopic (exact) mass is 293 g/mol. The second kappa shape index (κ2) is 5.08. The van der Waals surface area contributed by atoms with Crippen molar-refractivity contribution in [3.05, 3.63) is 23.8 Å². The molecule has 0 saturated carbocycles. The molecule has 0 aromatic heterocycles. The fraction of sp³-hybridized carbons (Fsp3) is 0.357. The third-order valence-corrected chi connectivity index (χ3v) is 3.17. The molecular formula is C14H15NO6. The van der Waals surface area contributed by atoms with Crippen LogP contribution >= 0.6 is 0 Å². The Hall–Kier alpha value is -2.57. The summed E-state index contributed by atoms with van der Waals surface area (Å²) in [5.41, 5.74) is -0.846. The van der Waals surface area contributed by atoms with Crippen LogP contribution in [0.25, 0.3) is 0 Å². The van der Waals surface area contributed by atoms with Crippen molar-refractivity contribution >= 4 is 23.5 Å². The number of hydrogen-bond donors (Lipinski definition) is 2. The van der Waals surface area contributed by atoms with Gasteiger partial charge in [-0.25, -0.2) is 4.79 Å². The van der Waals surface area contributed by atoms with Gasteiger partial charge in [-0.05, 0) is 32.0 Å². The third-order valence-electron chi connectivity index (χ3n) is 3.17. The van der Waals surface area contributed by atoms with Gasteiger partial charge in [-0.15, -0.1) is 0 Å². The van der Waals surface area contributed by atoms with Gasteiger partial charge in [0.25, 0.3) is 5.91 Å². The van der Waals surface area contributed by atoms with Gasteiger partial charge in [-0.3, -0.25) is 9.59 Å². The molecule has 0 spiro atoms. The highest BCUT2D eigenvalue weighted by Crippen LogP contribution is 2.38. The van der Waals surface area contributed by atoms with Crippen LogP contribution in [0.4, 0.5) is 5.69 Å². The van der Waals surface area contributed by atoms with Crippen molar-refractivity contribution in [3.8, 4) is 5.75 Å². The van der Waals surface area contributed by atoms with E-state index in [9.17, 15) is 14.4 Å². The predicted octanol–water partition coefficient (Wildman–Crippen LogP) is 1.36. The van der Waals surface area contributed by atoms with E-state index in [1.165, 1.54) is 23.1 Å². The van der Waals surface area contributed by atoms with E-state index in [4.69, 9.17) is 14.9 Å². The zero-order chi connectivity index (χ0) is 15.8. The molecule has 1 aliphatic rings. The van der Waals surface area contributed by atoms with Gasteiger partial charge in [-0.2, -0.15) is 0 Å². The molecule has 0 atom stereocenters. The van der Waals surface area contributed by atoms with Crippen LogP contribution in [-0.2, 0) is 9.59 Å². The molecule has 0 radical (unpaired) electrons. The number of aromatic carboxylic acids is 1. The Labute approximate surface area is 120 Å². The molecule has 0 saturated heterocycles. The Balaban J connectivity index is 2.47. The first-order valence-electron chi connectivity index (χ1n) is 6.32. The average Bonchev–Trinajstić information content (AvgIpc) is 2.38. The Morgan fingerprint density at radius 1 is 1.29 bits per heavy atom. The highest BCUT2D eigenvalue weighted by atomic mass is 16.5. The minimum Gasteiger partial charge on any atom is -0.481 e. The number of rotatable bonds is 4. The number of aliphatic carboxylic acids is 1. The van der Waals surface area contributed by atoms with E-state index in [1.54, 1.807) is 13.8 Å². The zero-order valence-electron chi connectivity index (χ0n) is 11.6. The second-order valence-electron chi connectivity index (χ2n) is 5.20. The lowest BCUT2D eigenvalue weighted by atomic mass is 10.0. The van der Waals surface area contributed by atoms with E-state index in [-0.39, 0.29) is 24.2 Å². The van der Waals surface area contributed by atoms with Gasteiger partial charge < -0.3 is 19.8 Å². The number of nitrogens with zero attached hydrogens (tertiary/aromatic N) is 1. The summed E-state index contributed by atoms with van der Waals surface area (Å²) in [6.07, 6.45) is -0.238. The average molecular weight is 293 g/mol. The number of anilines is 1. The molecule has 1 aliphatic heterocycles. The maximum absolute atomic E-state index is 12.4. The van der Waals surface area contributed by atoms with Crippen molar-refractivity contribution in [1.29, 1.82) is 0 Å². The van der Waals surface area contributed by atoms with Crippen molar-refractivity contribution in [2.24, 2.45) is 0 Å². The number of carbonyl (C=O) groups is 3. The minimum atomic E-state index is -1.13. The summed E-state index contributed by atoms with van der Waals surface area (Å²) in [5, 5.41) is 17.8. The molecule has 0 fully saturated rings. The van der Waals surface area contributed by atoms with Crippen LogP contribution < -0.4 is 9.64 Å². The van der Waals surface area contributed by atoms with Gasteiger partial charge in [0.05, 0.1) is 17.7 Å². The molecule has 21 heavy (non-hydrogen) atoms. The molecule has 112 valence electrons. The van der Waals surface area contributed by atoms with Gasteiger partial charge in [-0.1, -0.05) is 0 Å². The van der Waals surface area contributed by atoms with Gasteiger partial charge in [0.2, 0.25) is 0 Å². The molecule has 7 heteroatoms. The molecule has 0 unspecified atom stereocenters. The van der Waals surface area contributed by atoms with Crippen LogP contribution in [0.1, 0.15) is 30.6 Å². The van der Waals surface area contributed by atoms with Crippen molar-refractivity contribution in [2.75, 3.05) is 11.4 Å². The number of hydrogen-bond acceptors (Lipinski definition) is 4. The van der Waals surface area contributed by atoms with Crippen LogP contribution in [0.2, 0.25) is 0 Å². The number of ether oxygens (including phenoxy) is 1. The number of benzene rings is 1. The number of carboxylic acids is 2. The summed E-state index contributed by atoms with van der Waals surface area (Å²) >= 11 is 0. The number of carbonyl (C=O) groups excluding carboxylic acids is 1. The Bertz CT molecular complexity index is 622. The maximum Gasteiger partial charge on any atom is 0.335 e. The lowest BCUT2D eigenvalue weighted by Gasteiger charge is -2.38. The van der Waals surface area contributed by atoms with Gasteiger partial charge in [0, 0.05) is 6.54 Å². The number of amides is 1. The van der Waals surface area contributed by atoms with E-state index in [0.717, 1.165) is 0 Å². The highest BCUT2D eigenvalue weighted by molar-refractivity contribution is 6.03. The minimum absolute atomic E-state index is 0.00480. The third kappa shape index (κ3) is 2.81. The van der Waals surface area contributed by atoms with Crippen LogP contribution in [0, 0.1) is 0 Å². The highest BCUT2D eigenvalue weighted by Gasteiger charge is 2.41. The molecule has 1 heterocycles. The van der Waals surface area contributed by atoms with E-state index >= 15 is 0 Å². The molecule has 0 aliphatic carbocycles. The molecular weight excluding hydrogens is 278 g/mol. The quantitative estimate of drug-likeness (QED) is 0.868. The summed E-state index contributed by atoms with van der Waals surface area (Å²) < 4.78 is 5.57. The van der Waals surface area contributed by atoms with E-state index in [2.05, 4.69) is 0 Å². The first-order chi connectivity index (χ1) is 9.72. The lowest BCUT2D eigenvalue weighted by Crippen LogP contribution is -2.53. The smallest absolute Gasteiger partial charge is 0.335 e. The van der Waals surface area contributed by atoms with Crippen LogP contribution in [0.15, 0.2) is 18.2 Å². The van der Waals surface area contributed by atoms with Crippen molar-refractivity contribution in [3.63, 3.8) is 0 Å². The van der Waals surface area contributed by atoms with Crippen molar-refractivity contribution < 1.29 is 29.3 Å². The number of fused-ring (bicyclic) bond motifs is 1. The SMILES string of the molecule is CC1(C)Oc2ccc(C(=O)O)cc2N(CCC(=O)O)C1=O. The number of carboxylic acid groups (broad SMARTS) is 2. The second-order valence-corrected chi connectivity index (χ2v) is 5.20. The molecule has 7 nitrogen and oxygen atoms in total. The first kappa shape index (κ1) is 14.8. The predicted molar refractivity (Wildman–Crippen MR) is 72.7 cm³/mol. The summed E-state index contributed by atoms with van der Waals surface area (Å²) in [4.78, 5) is 35.4. The van der Waals surface area contributed by atoms with E-state index in [1.807, 2.05) is 0 Å². The zero-order valence-corrected chi connectivity index (χ0v) is 11.6. The topological polar surface area (TPSA) is 104 Å². The fourth-order valence-corrected chi connectivity index (χ4v) is 2.13.